The molecule has 0 radical (unpaired) electrons. The number of urea groups is 1. The number of amides is 2. The molecule has 2 aliphatic heterocycles. The summed E-state index contributed by atoms with van der Waals surface area (Å²) in [5.74, 6) is -1.17. The van der Waals surface area contributed by atoms with Crippen LogP contribution in [0.5, 0.6) is 0 Å². The van der Waals surface area contributed by atoms with Crippen molar-refractivity contribution in [2.75, 3.05) is 19.6 Å². The highest BCUT2D eigenvalue weighted by molar-refractivity contribution is 5.78. The number of rotatable bonds is 1. The Morgan fingerprint density at radius 2 is 1.94 bits per heavy atom. The van der Waals surface area contributed by atoms with Crippen LogP contribution in [0.15, 0.2) is 0 Å². The molecule has 5 heteroatoms. The topological polar surface area (TPSA) is 60.9 Å². The molecule has 2 unspecified atom stereocenters. The van der Waals surface area contributed by atoms with Crippen LogP contribution in [0.3, 0.4) is 0 Å². The molecule has 2 fully saturated rings. The third-order valence-electron chi connectivity index (χ3n) is 4.33. The zero-order chi connectivity index (χ0) is 13.5. The third kappa shape index (κ3) is 2.18. The summed E-state index contributed by atoms with van der Waals surface area (Å²) in [5.41, 5.74) is -0.0956. The molecule has 2 aliphatic rings. The van der Waals surface area contributed by atoms with Gasteiger partial charge >= 0.3 is 12.0 Å². The molecule has 0 aromatic heterocycles. The summed E-state index contributed by atoms with van der Waals surface area (Å²) >= 11 is 0. The van der Waals surface area contributed by atoms with Crippen LogP contribution in [-0.4, -0.2) is 52.1 Å². The minimum absolute atomic E-state index is 0.00750. The van der Waals surface area contributed by atoms with E-state index in [2.05, 4.69) is 13.8 Å². The lowest BCUT2D eigenvalue weighted by Gasteiger charge is -2.34. The smallest absolute Gasteiger partial charge is 0.320 e. The maximum atomic E-state index is 12.4. The van der Waals surface area contributed by atoms with Crippen LogP contribution < -0.4 is 0 Å². The Kier molecular flexibility index (Phi) is 3.25. The van der Waals surface area contributed by atoms with Crippen molar-refractivity contribution in [3.63, 3.8) is 0 Å². The van der Waals surface area contributed by atoms with Gasteiger partial charge in [0.15, 0.2) is 0 Å². The van der Waals surface area contributed by atoms with Gasteiger partial charge in [0.1, 0.15) is 0 Å². The van der Waals surface area contributed by atoms with Gasteiger partial charge in [0.05, 0.1) is 5.92 Å². The lowest BCUT2D eigenvalue weighted by molar-refractivity contribution is -0.142. The van der Waals surface area contributed by atoms with Crippen molar-refractivity contribution in [1.82, 2.24) is 9.80 Å². The van der Waals surface area contributed by atoms with Gasteiger partial charge in [-0.1, -0.05) is 6.92 Å². The fourth-order valence-electron chi connectivity index (χ4n) is 3.08. The average Bonchev–Trinajstić information content (AvgIpc) is 2.80. The van der Waals surface area contributed by atoms with E-state index in [0.717, 1.165) is 19.4 Å². The molecular formula is C13H22N2O3. The van der Waals surface area contributed by atoms with E-state index in [1.807, 2.05) is 11.8 Å². The summed E-state index contributed by atoms with van der Waals surface area (Å²) in [4.78, 5) is 27.1. The Balaban J connectivity index is 2.05. The van der Waals surface area contributed by atoms with Gasteiger partial charge in [-0.05, 0) is 32.6 Å². The Bertz CT molecular complexity index is 367. The monoisotopic (exact) mass is 254 g/mol. The van der Waals surface area contributed by atoms with Gasteiger partial charge in [0.25, 0.3) is 0 Å². The van der Waals surface area contributed by atoms with Gasteiger partial charge < -0.3 is 14.9 Å². The Hall–Kier alpha value is -1.26. The molecule has 102 valence electrons. The van der Waals surface area contributed by atoms with E-state index in [4.69, 9.17) is 5.11 Å². The summed E-state index contributed by atoms with van der Waals surface area (Å²) in [6.07, 6.45) is 2.05. The summed E-state index contributed by atoms with van der Waals surface area (Å²) in [6, 6.07) is 0.00750. The molecule has 2 rings (SSSR count). The molecule has 2 atom stereocenters. The molecule has 0 aromatic carbocycles. The Labute approximate surface area is 108 Å². The van der Waals surface area contributed by atoms with Crippen molar-refractivity contribution < 1.29 is 14.7 Å². The summed E-state index contributed by atoms with van der Waals surface area (Å²) in [6.45, 7) is 7.75. The van der Waals surface area contributed by atoms with E-state index in [0.29, 0.717) is 13.1 Å². The maximum Gasteiger partial charge on any atom is 0.320 e. The number of likely N-dealkylation sites (tertiary alicyclic amines) is 2. The SMILES string of the molecule is CC1CN(C(=O)N2CCCC2(C)C)CC1C(=O)O. The highest BCUT2D eigenvalue weighted by Crippen LogP contribution is 2.31. The summed E-state index contributed by atoms with van der Waals surface area (Å²) < 4.78 is 0. The molecule has 0 aliphatic carbocycles. The number of aliphatic carboxylic acids is 1. The Morgan fingerprint density at radius 1 is 1.28 bits per heavy atom. The van der Waals surface area contributed by atoms with Crippen LogP contribution in [-0.2, 0) is 4.79 Å². The summed E-state index contributed by atoms with van der Waals surface area (Å²) in [7, 11) is 0. The average molecular weight is 254 g/mol. The van der Waals surface area contributed by atoms with Crippen LogP contribution in [0.4, 0.5) is 4.79 Å². The number of carbonyl (C=O) groups is 2. The fraction of sp³-hybridized carbons (Fsp3) is 0.846. The lowest BCUT2D eigenvalue weighted by Crippen LogP contribution is -2.49. The molecule has 0 spiro atoms. The van der Waals surface area contributed by atoms with Crippen LogP contribution in [0, 0.1) is 11.8 Å². The molecule has 1 N–H and O–H groups in total. The van der Waals surface area contributed by atoms with E-state index in [1.54, 1.807) is 4.90 Å². The van der Waals surface area contributed by atoms with Gasteiger partial charge in [-0.15, -0.1) is 0 Å². The second kappa shape index (κ2) is 4.44. The molecule has 5 nitrogen and oxygen atoms in total. The van der Waals surface area contributed by atoms with Gasteiger partial charge in [-0.25, -0.2) is 4.79 Å². The highest BCUT2D eigenvalue weighted by atomic mass is 16.4. The third-order valence-corrected chi connectivity index (χ3v) is 4.33. The minimum atomic E-state index is -0.793. The second-order valence-electron chi connectivity index (χ2n) is 6.18. The number of carboxylic acid groups (broad SMARTS) is 1. The largest absolute Gasteiger partial charge is 0.481 e. The van der Waals surface area contributed by atoms with E-state index in [-0.39, 0.29) is 17.5 Å². The molecule has 2 heterocycles. The number of hydrogen-bond donors (Lipinski definition) is 1. The predicted molar refractivity (Wildman–Crippen MR) is 67.3 cm³/mol. The normalized spacial score (nSPS) is 30.8. The molecule has 0 saturated carbocycles. The molecular weight excluding hydrogens is 232 g/mol. The molecule has 0 bridgehead atoms. The van der Waals surface area contributed by atoms with Crippen molar-refractivity contribution >= 4 is 12.0 Å². The first-order chi connectivity index (χ1) is 8.33. The van der Waals surface area contributed by atoms with Gasteiger partial charge in [0.2, 0.25) is 0 Å². The standard InChI is InChI=1S/C13H22N2O3/c1-9-7-14(8-10(9)11(16)17)12(18)15-6-4-5-13(15,2)3/h9-10H,4-8H2,1-3H3,(H,16,17). The van der Waals surface area contributed by atoms with Crippen molar-refractivity contribution in [3.8, 4) is 0 Å². The van der Waals surface area contributed by atoms with Gasteiger partial charge in [-0.2, -0.15) is 0 Å². The molecule has 0 aromatic rings. The number of nitrogens with zero attached hydrogens (tertiary/aromatic N) is 2. The first-order valence-corrected chi connectivity index (χ1v) is 6.62. The van der Waals surface area contributed by atoms with E-state index in [9.17, 15) is 9.59 Å². The fourth-order valence-corrected chi connectivity index (χ4v) is 3.08. The highest BCUT2D eigenvalue weighted by Gasteiger charge is 2.42. The molecule has 18 heavy (non-hydrogen) atoms. The quantitative estimate of drug-likeness (QED) is 0.773. The van der Waals surface area contributed by atoms with E-state index < -0.39 is 11.9 Å². The molecule has 2 saturated heterocycles. The van der Waals surface area contributed by atoms with Crippen LogP contribution in [0.25, 0.3) is 0 Å². The van der Waals surface area contributed by atoms with Crippen LogP contribution >= 0.6 is 0 Å². The lowest BCUT2D eigenvalue weighted by atomic mass is 9.99. The Morgan fingerprint density at radius 3 is 2.39 bits per heavy atom. The minimum Gasteiger partial charge on any atom is -0.481 e. The molecule has 2 amide bonds. The summed E-state index contributed by atoms with van der Waals surface area (Å²) in [5, 5.41) is 9.10. The second-order valence-corrected chi connectivity index (χ2v) is 6.18. The maximum absolute atomic E-state index is 12.4. The van der Waals surface area contributed by atoms with Gasteiger partial charge in [0, 0.05) is 25.2 Å². The predicted octanol–water partition coefficient (Wildman–Crippen LogP) is 1.63. The van der Waals surface area contributed by atoms with Crippen LogP contribution in [0.1, 0.15) is 33.6 Å². The number of hydrogen-bond acceptors (Lipinski definition) is 2. The van der Waals surface area contributed by atoms with E-state index >= 15 is 0 Å². The number of carboxylic acids is 1. The van der Waals surface area contributed by atoms with Crippen LogP contribution in [0.2, 0.25) is 0 Å². The van der Waals surface area contributed by atoms with Crippen molar-refractivity contribution in [1.29, 1.82) is 0 Å². The number of carbonyl (C=O) groups excluding carboxylic acids is 1. The van der Waals surface area contributed by atoms with Crippen molar-refractivity contribution in [2.24, 2.45) is 11.8 Å². The van der Waals surface area contributed by atoms with Crippen molar-refractivity contribution in [3.05, 3.63) is 0 Å². The first kappa shape index (κ1) is 13.2. The van der Waals surface area contributed by atoms with E-state index in [1.165, 1.54) is 0 Å². The zero-order valence-corrected chi connectivity index (χ0v) is 11.3. The van der Waals surface area contributed by atoms with Gasteiger partial charge in [-0.3, -0.25) is 4.79 Å². The first-order valence-electron chi connectivity index (χ1n) is 6.62. The van der Waals surface area contributed by atoms with Crippen molar-refractivity contribution in [2.45, 2.75) is 39.2 Å². The zero-order valence-electron chi connectivity index (χ0n) is 11.3.